The van der Waals surface area contributed by atoms with E-state index in [2.05, 4.69) is 153 Å². The fourth-order valence-electron chi connectivity index (χ4n) is 6.82. The number of hydrogen-bond donors (Lipinski definition) is 0. The van der Waals surface area contributed by atoms with Crippen LogP contribution in [0.2, 0.25) is 0 Å². The van der Waals surface area contributed by atoms with Crippen LogP contribution in [0.5, 0.6) is 0 Å². The standard InChI is InChI=1S/C19H22N2O.C19H24N2.2ClH/c1-20(2)13-19-17-11-7-6-10-16(17)18(12-21(19)14-22)15-8-4-3-5-9-15;1-20(2)14-19-17-12-8-7-11-16(17)18(13-21(19)3)15-9-5-4-6-10-15;;/h3-11,14,18-19H,12-13H2,1-2H3;4-12,18-19H,13-14H2,1-3H3;2*1H. The van der Waals surface area contributed by atoms with Crippen molar-refractivity contribution < 1.29 is 4.79 Å². The zero-order valence-corrected chi connectivity index (χ0v) is 28.8. The molecule has 0 radical (unpaired) electrons. The maximum Gasteiger partial charge on any atom is 0.210 e. The zero-order chi connectivity index (χ0) is 30.3. The first-order chi connectivity index (χ1) is 20.9. The molecule has 0 saturated heterocycles. The molecule has 5 nitrogen and oxygen atoms in total. The Morgan fingerprint density at radius 3 is 1.40 bits per heavy atom. The highest BCUT2D eigenvalue weighted by Gasteiger charge is 2.33. The summed E-state index contributed by atoms with van der Waals surface area (Å²) in [5.74, 6) is 0.729. The van der Waals surface area contributed by atoms with Crippen molar-refractivity contribution in [2.75, 3.05) is 61.4 Å². The smallest absolute Gasteiger partial charge is 0.210 e. The fourth-order valence-corrected chi connectivity index (χ4v) is 6.82. The predicted molar refractivity (Wildman–Crippen MR) is 192 cm³/mol. The van der Waals surface area contributed by atoms with E-state index in [0.717, 1.165) is 32.6 Å². The van der Waals surface area contributed by atoms with Crippen LogP contribution in [-0.4, -0.2) is 87.4 Å². The number of fused-ring (bicyclic) bond motifs is 2. The van der Waals surface area contributed by atoms with Gasteiger partial charge in [-0.05, 0) is 68.6 Å². The van der Waals surface area contributed by atoms with Crippen molar-refractivity contribution in [2.45, 2.75) is 23.9 Å². The first-order valence-corrected chi connectivity index (χ1v) is 15.4. The third-order valence-electron chi connectivity index (χ3n) is 8.87. The Balaban J connectivity index is 0.000000235. The van der Waals surface area contributed by atoms with Gasteiger partial charge in [0.1, 0.15) is 0 Å². The fraction of sp³-hybridized carbons (Fsp3) is 0.342. The van der Waals surface area contributed by atoms with E-state index in [1.807, 2.05) is 11.0 Å². The summed E-state index contributed by atoms with van der Waals surface area (Å²) in [4.78, 5) is 20.5. The Morgan fingerprint density at radius 2 is 0.956 bits per heavy atom. The molecule has 0 fully saturated rings. The van der Waals surface area contributed by atoms with Crippen molar-refractivity contribution >= 4 is 31.2 Å². The van der Waals surface area contributed by atoms with Crippen LogP contribution < -0.4 is 0 Å². The molecule has 45 heavy (non-hydrogen) atoms. The van der Waals surface area contributed by atoms with E-state index >= 15 is 0 Å². The van der Waals surface area contributed by atoms with Crippen molar-refractivity contribution in [3.63, 3.8) is 0 Å². The highest BCUT2D eigenvalue weighted by atomic mass is 35.5. The van der Waals surface area contributed by atoms with Crippen molar-refractivity contribution in [1.29, 1.82) is 0 Å². The number of rotatable bonds is 7. The van der Waals surface area contributed by atoms with Gasteiger partial charge in [0, 0.05) is 44.1 Å². The molecule has 2 aliphatic heterocycles. The summed E-state index contributed by atoms with van der Waals surface area (Å²) in [7, 11) is 10.7. The van der Waals surface area contributed by atoms with Crippen LogP contribution in [0.25, 0.3) is 0 Å². The minimum atomic E-state index is 0. The molecule has 0 spiro atoms. The lowest BCUT2D eigenvalue weighted by Gasteiger charge is -2.40. The first-order valence-electron chi connectivity index (χ1n) is 15.4. The van der Waals surface area contributed by atoms with E-state index in [0.29, 0.717) is 12.0 Å². The largest absolute Gasteiger partial charge is 0.336 e. The second kappa shape index (κ2) is 16.9. The monoisotopic (exact) mass is 646 g/mol. The summed E-state index contributed by atoms with van der Waals surface area (Å²) in [6.45, 7) is 3.73. The normalized spacial score (nSPS) is 20.6. The van der Waals surface area contributed by atoms with Crippen LogP contribution in [-0.2, 0) is 4.79 Å². The summed E-state index contributed by atoms with van der Waals surface area (Å²) in [5, 5.41) is 0. The summed E-state index contributed by atoms with van der Waals surface area (Å²) in [5.41, 5.74) is 8.27. The lowest BCUT2D eigenvalue weighted by Crippen LogP contribution is -2.41. The lowest BCUT2D eigenvalue weighted by atomic mass is 9.81. The molecule has 0 aromatic heterocycles. The third-order valence-corrected chi connectivity index (χ3v) is 8.87. The Labute approximate surface area is 282 Å². The molecule has 7 heteroatoms. The Bertz CT molecular complexity index is 1470. The zero-order valence-electron chi connectivity index (χ0n) is 27.1. The molecule has 2 aliphatic rings. The summed E-state index contributed by atoms with van der Waals surface area (Å²) in [6.07, 6.45) is 1.00. The van der Waals surface area contributed by atoms with Gasteiger partial charge in [0.2, 0.25) is 6.41 Å². The Morgan fingerprint density at radius 1 is 0.578 bits per heavy atom. The molecular weight excluding hydrogens is 599 g/mol. The topological polar surface area (TPSA) is 30.0 Å². The molecule has 0 bridgehead atoms. The van der Waals surface area contributed by atoms with Crippen molar-refractivity contribution in [3.8, 4) is 0 Å². The molecule has 2 heterocycles. The van der Waals surface area contributed by atoms with E-state index < -0.39 is 0 Å². The Hall–Kier alpha value is -3.19. The number of hydrogen-bond acceptors (Lipinski definition) is 4. The number of nitrogens with zero attached hydrogens (tertiary/aromatic N) is 4. The first kappa shape index (κ1) is 36.3. The summed E-state index contributed by atoms with van der Waals surface area (Å²) in [6, 6.07) is 39.4. The number of carbonyl (C=O) groups excluding carboxylic acids is 1. The number of likely N-dealkylation sites (N-methyl/N-ethyl adjacent to an activating group) is 3. The molecule has 4 atom stereocenters. The van der Waals surface area contributed by atoms with Crippen molar-refractivity contribution in [1.82, 2.24) is 19.6 Å². The van der Waals surface area contributed by atoms with Gasteiger partial charge in [-0.3, -0.25) is 9.69 Å². The third kappa shape index (κ3) is 8.55. The molecule has 240 valence electrons. The van der Waals surface area contributed by atoms with Crippen molar-refractivity contribution in [2.24, 2.45) is 0 Å². The minimum Gasteiger partial charge on any atom is -0.336 e. The quantitative estimate of drug-likeness (QED) is 0.200. The average Bonchev–Trinajstić information content (AvgIpc) is 3.03. The molecule has 0 aliphatic carbocycles. The highest BCUT2D eigenvalue weighted by molar-refractivity contribution is 5.85. The molecule has 0 saturated carbocycles. The van der Waals surface area contributed by atoms with E-state index in [4.69, 9.17) is 0 Å². The maximum absolute atomic E-state index is 11.6. The van der Waals surface area contributed by atoms with E-state index in [1.165, 1.54) is 33.4 Å². The van der Waals surface area contributed by atoms with Gasteiger partial charge in [-0.15, -0.1) is 24.8 Å². The van der Waals surface area contributed by atoms with Crippen LogP contribution in [0.15, 0.2) is 109 Å². The molecule has 4 aromatic carbocycles. The number of amides is 1. The summed E-state index contributed by atoms with van der Waals surface area (Å²) >= 11 is 0. The number of benzene rings is 4. The van der Waals surface area contributed by atoms with Gasteiger partial charge in [0.05, 0.1) is 6.04 Å². The van der Waals surface area contributed by atoms with Crippen LogP contribution in [0, 0.1) is 0 Å². The number of carbonyl (C=O) groups is 1. The van der Waals surface area contributed by atoms with Gasteiger partial charge in [-0.1, -0.05) is 109 Å². The maximum atomic E-state index is 11.6. The van der Waals surface area contributed by atoms with Gasteiger partial charge in [0.25, 0.3) is 0 Å². The van der Waals surface area contributed by atoms with Crippen molar-refractivity contribution in [3.05, 3.63) is 143 Å². The molecule has 4 unspecified atom stereocenters. The lowest BCUT2D eigenvalue weighted by molar-refractivity contribution is -0.121. The second-order valence-corrected chi connectivity index (χ2v) is 12.5. The molecular formula is C38H48Cl2N4O. The predicted octanol–water partition coefficient (Wildman–Crippen LogP) is 7.10. The SMILES string of the molecule is CN(C)CC1c2ccccc2C(c2ccccc2)CN1C.CN(C)CC1c2ccccc2C(c2ccccc2)CN1C=O.Cl.Cl. The molecule has 6 rings (SSSR count). The van der Waals surface area contributed by atoms with Crippen LogP contribution >= 0.6 is 24.8 Å². The molecule has 4 aromatic rings. The van der Waals surface area contributed by atoms with Gasteiger partial charge in [-0.2, -0.15) is 0 Å². The van der Waals surface area contributed by atoms with Gasteiger partial charge >= 0.3 is 0 Å². The summed E-state index contributed by atoms with van der Waals surface area (Å²) < 4.78 is 0. The van der Waals surface area contributed by atoms with Gasteiger partial charge in [0.15, 0.2) is 0 Å². The molecule has 1 amide bonds. The minimum absolute atomic E-state index is 0. The number of halogens is 2. The van der Waals surface area contributed by atoms with E-state index in [-0.39, 0.29) is 36.8 Å². The van der Waals surface area contributed by atoms with E-state index in [1.54, 1.807) is 0 Å². The van der Waals surface area contributed by atoms with Gasteiger partial charge < -0.3 is 14.7 Å². The van der Waals surface area contributed by atoms with E-state index in [9.17, 15) is 4.79 Å². The highest BCUT2D eigenvalue weighted by Crippen LogP contribution is 2.40. The average molecular weight is 648 g/mol. The Kier molecular flexibility index (Phi) is 13.6. The second-order valence-electron chi connectivity index (χ2n) is 12.5. The van der Waals surface area contributed by atoms with Crippen LogP contribution in [0.3, 0.4) is 0 Å². The molecule has 0 N–H and O–H groups in total. The van der Waals surface area contributed by atoms with Gasteiger partial charge in [-0.25, -0.2) is 0 Å². The van der Waals surface area contributed by atoms with Crippen LogP contribution in [0.4, 0.5) is 0 Å². The van der Waals surface area contributed by atoms with Crippen LogP contribution in [0.1, 0.15) is 57.3 Å².